The molecule has 2 rings (SSSR count). The van der Waals surface area contributed by atoms with Gasteiger partial charge in [0.2, 0.25) is 0 Å². The highest BCUT2D eigenvalue weighted by molar-refractivity contribution is 5.90. The number of carbonyl (C=O) groups is 1. The predicted octanol–water partition coefficient (Wildman–Crippen LogP) is 2.93. The second-order valence-corrected chi connectivity index (χ2v) is 4.41. The molecule has 0 unspecified atom stereocenters. The van der Waals surface area contributed by atoms with Crippen LogP contribution in [0.3, 0.4) is 0 Å². The van der Waals surface area contributed by atoms with Crippen molar-refractivity contribution in [1.82, 2.24) is 0 Å². The Morgan fingerprint density at radius 1 is 1.09 bits per heavy atom. The molecule has 0 amide bonds. The zero-order valence-corrected chi connectivity index (χ0v) is 12.3. The maximum Gasteiger partial charge on any atom is 0.338 e. The Morgan fingerprint density at radius 2 is 1.82 bits per heavy atom. The second-order valence-electron chi connectivity index (χ2n) is 4.41. The molecule has 22 heavy (non-hydrogen) atoms. The lowest BCUT2D eigenvalue weighted by atomic mass is 10.1. The Morgan fingerprint density at radius 3 is 2.50 bits per heavy atom. The van der Waals surface area contributed by atoms with E-state index in [-0.39, 0.29) is 6.61 Å². The first-order valence-corrected chi connectivity index (χ1v) is 6.56. The van der Waals surface area contributed by atoms with Crippen LogP contribution >= 0.6 is 0 Å². The molecule has 0 radical (unpaired) electrons. The molecule has 112 valence electrons. The fraction of sp³-hybridized carbons (Fsp3) is 0.176. The van der Waals surface area contributed by atoms with E-state index in [0.29, 0.717) is 28.2 Å². The molecular formula is C17H15NO4. The number of hydrogen-bond acceptors (Lipinski definition) is 5. The SMILES string of the molecule is COc1ccc(C(=O)OCc2ccccc2C#N)cc1OC. The van der Waals surface area contributed by atoms with Gasteiger partial charge in [-0.3, -0.25) is 0 Å². The van der Waals surface area contributed by atoms with E-state index in [2.05, 4.69) is 6.07 Å². The molecule has 0 fully saturated rings. The van der Waals surface area contributed by atoms with Crippen LogP contribution in [0.5, 0.6) is 11.5 Å². The standard InChI is InChI=1S/C17H15NO4/c1-20-15-8-7-12(9-16(15)21-2)17(19)22-11-14-6-4-3-5-13(14)10-18/h3-9H,11H2,1-2H3. The summed E-state index contributed by atoms with van der Waals surface area (Å²) >= 11 is 0. The first-order chi connectivity index (χ1) is 10.7. The van der Waals surface area contributed by atoms with Gasteiger partial charge in [-0.2, -0.15) is 5.26 Å². The molecule has 0 spiro atoms. The molecule has 0 atom stereocenters. The zero-order valence-electron chi connectivity index (χ0n) is 12.3. The van der Waals surface area contributed by atoms with Crippen LogP contribution in [0.15, 0.2) is 42.5 Å². The Bertz CT molecular complexity index is 719. The van der Waals surface area contributed by atoms with Crippen molar-refractivity contribution < 1.29 is 19.0 Å². The van der Waals surface area contributed by atoms with E-state index in [4.69, 9.17) is 19.5 Å². The van der Waals surface area contributed by atoms with Crippen LogP contribution in [0.25, 0.3) is 0 Å². The molecule has 0 aliphatic heterocycles. The van der Waals surface area contributed by atoms with Crippen molar-refractivity contribution in [2.24, 2.45) is 0 Å². The molecule has 2 aromatic carbocycles. The van der Waals surface area contributed by atoms with Crippen molar-refractivity contribution >= 4 is 5.97 Å². The molecule has 0 aliphatic carbocycles. The number of ether oxygens (including phenoxy) is 3. The summed E-state index contributed by atoms with van der Waals surface area (Å²) in [5.41, 5.74) is 1.51. The summed E-state index contributed by atoms with van der Waals surface area (Å²) in [4.78, 5) is 12.1. The fourth-order valence-electron chi connectivity index (χ4n) is 1.95. The minimum absolute atomic E-state index is 0.0386. The lowest BCUT2D eigenvalue weighted by molar-refractivity contribution is 0.0472. The van der Waals surface area contributed by atoms with Crippen molar-refractivity contribution in [2.75, 3.05) is 14.2 Å². The van der Waals surface area contributed by atoms with Gasteiger partial charge < -0.3 is 14.2 Å². The van der Waals surface area contributed by atoms with E-state index >= 15 is 0 Å². The third-order valence-electron chi connectivity index (χ3n) is 3.12. The molecule has 0 aliphatic rings. The predicted molar refractivity (Wildman–Crippen MR) is 79.8 cm³/mol. The third kappa shape index (κ3) is 3.36. The molecule has 0 saturated carbocycles. The first kappa shape index (κ1) is 15.4. The van der Waals surface area contributed by atoms with Crippen LogP contribution in [0.4, 0.5) is 0 Å². The number of benzene rings is 2. The summed E-state index contributed by atoms with van der Waals surface area (Å²) in [7, 11) is 3.02. The molecule has 0 N–H and O–H groups in total. The summed E-state index contributed by atoms with van der Waals surface area (Å²) in [6.07, 6.45) is 0. The first-order valence-electron chi connectivity index (χ1n) is 6.56. The van der Waals surface area contributed by atoms with E-state index in [1.54, 1.807) is 42.5 Å². The largest absolute Gasteiger partial charge is 0.493 e. The van der Waals surface area contributed by atoms with Gasteiger partial charge in [0, 0.05) is 5.56 Å². The molecular weight excluding hydrogens is 282 g/mol. The van der Waals surface area contributed by atoms with Crippen molar-refractivity contribution in [3.8, 4) is 17.6 Å². The number of esters is 1. The molecule has 0 bridgehead atoms. The summed E-state index contributed by atoms with van der Waals surface area (Å²) in [6, 6.07) is 13.8. The van der Waals surface area contributed by atoms with Gasteiger partial charge in [0.15, 0.2) is 11.5 Å². The van der Waals surface area contributed by atoms with Crippen molar-refractivity contribution in [1.29, 1.82) is 5.26 Å². The summed E-state index contributed by atoms with van der Waals surface area (Å²) in [5, 5.41) is 9.01. The zero-order chi connectivity index (χ0) is 15.9. The van der Waals surface area contributed by atoms with Crippen LogP contribution in [0.1, 0.15) is 21.5 Å². The van der Waals surface area contributed by atoms with Crippen LogP contribution in [0, 0.1) is 11.3 Å². The van der Waals surface area contributed by atoms with Gasteiger partial charge in [-0.15, -0.1) is 0 Å². The van der Waals surface area contributed by atoms with Gasteiger partial charge in [-0.05, 0) is 24.3 Å². The Balaban J connectivity index is 2.11. The number of nitriles is 1. The average molecular weight is 297 g/mol. The topological polar surface area (TPSA) is 68.5 Å². The van der Waals surface area contributed by atoms with Crippen LogP contribution < -0.4 is 9.47 Å². The number of nitrogens with zero attached hydrogens (tertiary/aromatic N) is 1. The lowest BCUT2D eigenvalue weighted by Crippen LogP contribution is -2.06. The Kier molecular flexibility index (Phi) is 4.99. The Hall–Kier alpha value is -3.00. The van der Waals surface area contributed by atoms with Crippen molar-refractivity contribution in [3.05, 3.63) is 59.2 Å². The smallest absolute Gasteiger partial charge is 0.338 e. The van der Waals surface area contributed by atoms with Crippen molar-refractivity contribution in [2.45, 2.75) is 6.61 Å². The minimum atomic E-state index is -0.492. The third-order valence-corrected chi connectivity index (χ3v) is 3.12. The molecule has 5 heteroatoms. The highest BCUT2D eigenvalue weighted by Crippen LogP contribution is 2.27. The van der Waals surface area contributed by atoms with E-state index in [1.807, 2.05) is 0 Å². The average Bonchev–Trinajstić information content (AvgIpc) is 2.59. The summed E-state index contributed by atoms with van der Waals surface area (Å²) in [5.74, 6) is 0.497. The van der Waals surface area contributed by atoms with E-state index in [1.165, 1.54) is 14.2 Å². The maximum atomic E-state index is 12.1. The quantitative estimate of drug-likeness (QED) is 0.794. The van der Waals surface area contributed by atoms with E-state index < -0.39 is 5.97 Å². The number of hydrogen-bond donors (Lipinski definition) is 0. The normalized spacial score (nSPS) is 9.68. The molecule has 0 saturated heterocycles. The number of carbonyl (C=O) groups excluding carboxylic acids is 1. The minimum Gasteiger partial charge on any atom is -0.493 e. The molecule has 0 aromatic heterocycles. The van der Waals surface area contributed by atoms with Crippen LogP contribution in [0.2, 0.25) is 0 Å². The lowest BCUT2D eigenvalue weighted by Gasteiger charge is -2.10. The number of methoxy groups -OCH3 is 2. The monoisotopic (exact) mass is 297 g/mol. The van der Waals surface area contributed by atoms with E-state index in [0.717, 1.165) is 0 Å². The summed E-state index contributed by atoms with van der Waals surface area (Å²) < 4.78 is 15.5. The van der Waals surface area contributed by atoms with Crippen LogP contribution in [-0.4, -0.2) is 20.2 Å². The van der Waals surface area contributed by atoms with Gasteiger partial charge in [0.1, 0.15) is 6.61 Å². The van der Waals surface area contributed by atoms with Gasteiger partial charge in [0.05, 0.1) is 31.4 Å². The van der Waals surface area contributed by atoms with Gasteiger partial charge in [0.25, 0.3) is 0 Å². The maximum absolute atomic E-state index is 12.1. The number of rotatable bonds is 5. The summed E-state index contributed by atoms with van der Waals surface area (Å²) in [6.45, 7) is 0.0386. The Labute approximate surface area is 128 Å². The fourth-order valence-corrected chi connectivity index (χ4v) is 1.95. The van der Waals surface area contributed by atoms with Crippen LogP contribution in [-0.2, 0) is 11.3 Å². The highest BCUT2D eigenvalue weighted by atomic mass is 16.5. The van der Waals surface area contributed by atoms with Gasteiger partial charge in [-0.25, -0.2) is 4.79 Å². The van der Waals surface area contributed by atoms with Gasteiger partial charge >= 0.3 is 5.97 Å². The second kappa shape index (κ2) is 7.14. The van der Waals surface area contributed by atoms with Crippen molar-refractivity contribution in [3.63, 3.8) is 0 Å². The molecule has 5 nitrogen and oxygen atoms in total. The highest BCUT2D eigenvalue weighted by Gasteiger charge is 2.12. The molecule has 2 aromatic rings. The molecule has 0 heterocycles. The van der Waals surface area contributed by atoms with E-state index in [9.17, 15) is 4.79 Å². The van der Waals surface area contributed by atoms with Gasteiger partial charge in [-0.1, -0.05) is 18.2 Å².